The maximum absolute atomic E-state index is 5.76. The lowest BCUT2D eigenvalue weighted by Crippen LogP contribution is -2.45. The van der Waals surface area contributed by atoms with Crippen molar-refractivity contribution in [2.45, 2.75) is 33.0 Å². The predicted molar refractivity (Wildman–Crippen MR) is 63.5 cm³/mol. The van der Waals surface area contributed by atoms with Crippen molar-refractivity contribution in [3.8, 4) is 0 Å². The van der Waals surface area contributed by atoms with Crippen molar-refractivity contribution < 1.29 is 4.74 Å². The number of nitrogens with zero attached hydrogens (tertiary/aromatic N) is 2. The molecule has 0 amide bonds. The fourth-order valence-corrected chi connectivity index (χ4v) is 2.81. The normalized spacial score (nSPS) is 27.0. The molecule has 0 radical (unpaired) electrons. The van der Waals surface area contributed by atoms with Crippen LogP contribution in [0.3, 0.4) is 0 Å². The van der Waals surface area contributed by atoms with Crippen LogP contribution in [0, 0.1) is 6.92 Å². The van der Waals surface area contributed by atoms with Crippen molar-refractivity contribution in [3.05, 3.63) is 5.56 Å². The Morgan fingerprint density at radius 1 is 1.40 bits per heavy atom. The summed E-state index contributed by atoms with van der Waals surface area (Å²) < 4.78 is 9.87. The molecular formula is C10H17N3OS. The average molecular weight is 227 g/mol. The fraction of sp³-hybridized carbons (Fsp3) is 0.700. The molecule has 1 aromatic rings. The molecule has 84 valence electrons. The van der Waals surface area contributed by atoms with E-state index < -0.39 is 0 Å². The van der Waals surface area contributed by atoms with Gasteiger partial charge in [0.05, 0.1) is 12.2 Å². The quantitative estimate of drug-likeness (QED) is 0.792. The van der Waals surface area contributed by atoms with E-state index in [2.05, 4.69) is 23.1 Å². The molecule has 4 nitrogen and oxygen atoms in total. The van der Waals surface area contributed by atoms with Crippen LogP contribution in [0.15, 0.2) is 0 Å². The molecule has 15 heavy (non-hydrogen) atoms. The summed E-state index contributed by atoms with van der Waals surface area (Å²) in [6.07, 6.45) is 0.549. The second-order valence-electron chi connectivity index (χ2n) is 4.16. The molecule has 0 aliphatic carbocycles. The first-order chi connectivity index (χ1) is 7.08. The van der Waals surface area contributed by atoms with Crippen molar-refractivity contribution in [1.29, 1.82) is 0 Å². The molecule has 2 heterocycles. The first kappa shape index (κ1) is 10.7. The van der Waals surface area contributed by atoms with Gasteiger partial charge in [0.25, 0.3) is 0 Å². The molecule has 0 saturated carbocycles. The Morgan fingerprint density at radius 2 is 2.00 bits per heavy atom. The number of aromatic nitrogens is 1. The zero-order valence-corrected chi connectivity index (χ0v) is 10.2. The minimum atomic E-state index is 0.275. The summed E-state index contributed by atoms with van der Waals surface area (Å²) in [7, 11) is 0. The van der Waals surface area contributed by atoms with E-state index in [1.807, 2.05) is 6.92 Å². The minimum Gasteiger partial charge on any atom is -0.383 e. The summed E-state index contributed by atoms with van der Waals surface area (Å²) in [5.41, 5.74) is 6.86. The molecule has 0 aromatic carbocycles. The van der Waals surface area contributed by atoms with Crippen molar-refractivity contribution in [2.75, 3.05) is 23.7 Å². The Labute approximate surface area is 94.2 Å². The summed E-state index contributed by atoms with van der Waals surface area (Å²) >= 11 is 1.48. The van der Waals surface area contributed by atoms with E-state index in [1.165, 1.54) is 16.5 Å². The summed E-state index contributed by atoms with van der Waals surface area (Å²) in [6, 6.07) is 0. The van der Waals surface area contributed by atoms with Crippen LogP contribution in [0.5, 0.6) is 0 Å². The SMILES string of the molecule is Cc1c(N)nsc1N1CC(C)OC(C)C1. The molecule has 0 bridgehead atoms. The number of nitrogens with two attached hydrogens (primary N) is 1. The number of anilines is 2. The summed E-state index contributed by atoms with van der Waals surface area (Å²) in [6.45, 7) is 8.07. The van der Waals surface area contributed by atoms with Gasteiger partial charge in [0.2, 0.25) is 0 Å². The second kappa shape index (κ2) is 3.98. The molecule has 5 heteroatoms. The van der Waals surface area contributed by atoms with Gasteiger partial charge in [-0.25, -0.2) is 0 Å². The third-order valence-corrected chi connectivity index (χ3v) is 3.67. The van der Waals surface area contributed by atoms with Gasteiger partial charge in [-0.15, -0.1) is 0 Å². The number of rotatable bonds is 1. The zero-order valence-electron chi connectivity index (χ0n) is 9.36. The summed E-state index contributed by atoms with van der Waals surface area (Å²) in [5, 5.41) is 1.19. The molecule has 2 atom stereocenters. The van der Waals surface area contributed by atoms with Crippen molar-refractivity contribution >= 4 is 22.4 Å². The Kier molecular flexibility index (Phi) is 2.84. The van der Waals surface area contributed by atoms with Crippen LogP contribution >= 0.6 is 11.5 Å². The van der Waals surface area contributed by atoms with Gasteiger partial charge in [0, 0.05) is 18.7 Å². The van der Waals surface area contributed by atoms with Crippen LogP contribution in [0.4, 0.5) is 10.8 Å². The third kappa shape index (κ3) is 2.08. The average Bonchev–Trinajstić information content (AvgIpc) is 2.46. The molecule has 2 rings (SSSR count). The highest BCUT2D eigenvalue weighted by molar-refractivity contribution is 7.10. The number of ether oxygens (including phenoxy) is 1. The maximum atomic E-state index is 5.76. The molecule has 2 N–H and O–H groups in total. The molecule has 0 spiro atoms. The third-order valence-electron chi connectivity index (χ3n) is 2.64. The van der Waals surface area contributed by atoms with E-state index in [1.54, 1.807) is 0 Å². The highest BCUT2D eigenvalue weighted by Crippen LogP contribution is 2.31. The molecule has 1 aliphatic rings. The number of hydrogen-bond acceptors (Lipinski definition) is 5. The molecule has 1 saturated heterocycles. The summed E-state index contributed by atoms with van der Waals surface area (Å²) in [5.74, 6) is 0.654. The van der Waals surface area contributed by atoms with Gasteiger partial charge in [-0.2, -0.15) is 4.37 Å². The van der Waals surface area contributed by atoms with Gasteiger partial charge >= 0.3 is 0 Å². The van der Waals surface area contributed by atoms with Crippen LogP contribution in [0.1, 0.15) is 19.4 Å². The van der Waals surface area contributed by atoms with Crippen LogP contribution < -0.4 is 10.6 Å². The van der Waals surface area contributed by atoms with E-state index in [0.29, 0.717) is 5.82 Å². The van der Waals surface area contributed by atoms with Crippen LogP contribution in [0.25, 0.3) is 0 Å². The summed E-state index contributed by atoms with van der Waals surface area (Å²) in [4.78, 5) is 2.32. The van der Waals surface area contributed by atoms with E-state index in [9.17, 15) is 0 Å². The predicted octanol–water partition coefficient (Wildman–Crippen LogP) is 1.65. The lowest BCUT2D eigenvalue weighted by atomic mass is 10.2. The van der Waals surface area contributed by atoms with E-state index >= 15 is 0 Å². The number of hydrogen-bond donors (Lipinski definition) is 1. The van der Waals surface area contributed by atoms with E-state index in [0.717, 1.165) is 18.7 Å². The lowest BCUT2D eigenvalue weighted by molar-refractivity contribution is -0.00503. The Hall–Kier alpha value is -0.810. The van der Waals surface area contributed by atoms with Crippen LogP contribution in [-0.2, 0) is 4.74 Å². The molecule has 1 aliphatic heterocycles. The van der Waals surface area contributed by atoms with Gasteiger partial charge in [-0.1, -0.05) is 0 Å². The number of morpholine rings is 1. The molecule has 2 unspecified atom stereocenters. The Morgan fingerprint density at radius 3 is 2.47 bits per heavy atom. The van der Waals surface area contributed by atoms with Gasteiger partial charge in [0.15, 0.2) is 0 Å². The van der Waals surface area contributed by atoms with Crippen molar-refractivity contribution in [2.24, 2.45) is 0 Å². The lowest BCUT2D eigenvalue weighted by Gasteiger charge is -2.36. The van der Waals surface area contributed by atoms with Crippen molar-refractivity contribution in [3.63, 3.8) is 0 Å². The topological polar surface area (TPSA) is 51.4 Å². The van der Waals surface area contributed by atoms with Gasteiger partial charge in [0.1, 0.15) is 10.8 Å². The first-order valence-electron chi connectivity index (χ1n) is 5.20. The van der Waals surface area contributed by atoms with Crippen LogP contribution in [0.2, 0.25) is 0 Å². The molecular weight excluding hydrogens is 210 g/mol. The largest absolute Gasteiger partial charge is 0.383 e. The van der Waals surface area contributed by atoms with Crippen molar-refractivity contribution in [1.82, 2.24) is 4.37 Å². The standard InChI is InChI=1S/C10H17N3OS/c1-6-4-13(5-7(2)14-6)10-8(3)9(11)12-15-10/h6-7H,4-5H2,1-3H3,(H2,11,12). The molecule has 1 aromatic heterocycles. The number of nitrogen functional groups attached to an aromatic ring is 1. The Bertz CT molecular complexity index is 342. The first-order valence-corrected chi connectivity index (χ1v) is 5.97. The van der Waals surface area contributed by atoms with Gasteiger partial charge < -0.3 is 15.4 Å². The maximum Gasteiger partial charge on any atom is 0.142 e. The van der Waals surface area contributed by atoms with E-state index in [-0.39, 0.29) is 12.2 Å². The van der Waals surface area contributed by atoms with E-state index in [4.69, 9.17) is 10.5 Å². The van der Waals surface area contributed by atoms with Gasteiger partial charge in [-0.05, 0) is 32.3 Å². The van der Waals surface area contributed by atoms with Gasteiger partial charge in [-0.3, -0.25) is 0 Å². The fourth-order valence-electron chi connectivity index (χ4n) is 1.98. The smallest absolute Gasteiger partial charge is 0.142 e. The monoisotopic (exact) mass is 227 g/mol. The Balaban J connectivity index is 2.20. The second-order valence-corrected chi connectivity index (χ2v) is 4.91. The zero-order chi connectivity index (χ0) is 11.0. The molecule has 1 fully saturated rings. The van der Waals surface area contributed by atoms with Crippen LogP contribution in [-0.4, -0.2) is 29.7 Å². The minimum absolute atomic E-state index is 0.275. The highest BCUT2D eigenvalue weighted by Gasteiger charge is 2.25. The highest BCUT2D eigenvalue weighted by atomic mass is 32.1.